The molecule has 0 bridgehead atoms. The zero-order valence-corrected chi connectivity index (χ0v) is 16.2. The van der Waals surface area contributed by atoms with Gasteiger partial charge >= 0.3 is 0 Å². The molecule has 2 aromatic carbocycles. The molecule has 0 aliphatic rings. The van der Waals surface area contributed by atoms with Gasteiger partial charge in [0.05, 0.1) is 17.7 Å². The molecule has 30 heavy (non-hydrogen) atoms. The summed E-state index contributed by atoms with van der Waals surface area (Å²) in [5, 5.41) is 23.0. The molecule has 0 aliphatic heterocycles. The number of ether oxygens (including phenoxy) is 1. The average molecular weight is 403 g/mol. The number of benzene rings is 2. The van der Waals surface area contributed by atoms with Gasteiger partial charge in [-0.25, -0.2) is 0 Å². The van der Waals surface area contributed by atoms with Gasteiger partial charge in [0.1, 0.15) is 28.9 Å². The van der Waals surface area contributed by atoms with Gasteiger partial charge in [-0.1, -0.05) is 18.2 Å². The predicted octanol–water partition coefficient (Wildman–Crippen LogP) is 4.72. The second-order valence-electron chi connectivity index (χ2n) is 6.34. The zero-order valence-electron chi connectivity index (χ0n) is 16.2. The fourth-order valence-electron chi connectivity index (χ4n) is 2.74. The van der Waals surface area contributed by atoms with E-state index in [4.69, 9.17) is 9.15 Å². The highest BCUT2D eigenvalue weighted by molar-refractivity contribution is 6.10. The van der Waals surface area contributed by atoms with E-state index >= 15 is 0 Å². The van der Waals surface area contributed by atoms with Gasteiger partial charge in [-0.15, -0.1) is 0 Å². The van der Waals surface area contributed by atoms with Crippen molar-refractivity contribution >= 4 is 23.4 Å². The van der Waals surface area contributed by atoms with Crippen molar-refractivity contribution in [2.45, 2.75) is 6.92 Å². The van der Waals surface area contributed by atoms with Gasteiger partial charge in [0, 0.05) is 23.8 Å². The summed E-state index contributed by atoms with van der Waals surface area (Å²) in [7, 11) is 1.49. The van der Waals surface area contributed by atoms with Crippen LogP contribution < -0.4 is 10.1 Å². The molecule has 0 fully saturated rings. The molecule has 0 radical (unpaired) electrons. The van der Waals surface area contributed by atoms with Crippen LogP contribution in [-0.2, 0) is 4.79 Å². The maximum absolute atomic E-state index is 12.5. The Balaban J connectivity index is 1.83. The first kappa shape index (κ1) is 20.4. The van der Waals surface area contributed by atoms with Crippen molar-refractivity contribution in [3.05, 3.63) is 81.6 Å². The Morgan fingerprint density at radius 1 is 1.23 bits per heavy atom. The summed E-state index contributed by atoms with van der Waals surface area (Å²) < 4.78 is 10.9. The van der Waals surface area contributed by atoms with E-state index in [2.05, 4.69) is 5.32 Å². The number of nitrogens with one attached hydrogen (secondary N) is 1. The zero-order chi connectivity index (χ0) is 21.7. The molecule has 1 amide bonds. The topological polar surface area (TPSA) is 118 Å². The lowest BCUT2D eigenvalue weighted by molar-refractivity contribution is -0.384. The second kappa shape index (κ2) is 8.75. The minimum atomic E-state index is -0.618. The first-order valence-corrected chi connectivity index (χ1v) is 8.83. The summed E-state index contributed by atoms with van der Waals surface area (Å²) in [5.41, 5.74) is 1.68. The quantitative estimate of drug-likeness (QED) is 0.275. The van der Waals surface area contributed by atoms with E-state index in [0.717, 1.165) is 5.56 Å². The van der Waals surface area contributed by atoms with Gasteiger partial charge in [0.25, 0.3) is 11.6 Å². The van der Waals surface area contributed by atoms with E-state index in [0.29, 0.717) is 22.8 Å². The second-order valence-corrected chi connectivity index (χ2v) is 6.34. The molecule has 8 nitrogen and oxygen atoms in total. The number of nitro groups is 1. The van der Waals surface area contributed by atoms with E-state index in [1.165, 1.54) is 25.3 Å². The number of carbonyl (C=O) groups excluding carboxylic acids is 1. The summed E-state index contributed by atoms with van der Waals surface area (Å²) in [6, 6.07) is 16.3. The number of nitriles is 1. The number of non-ortho nitro benzene ring substituents is 1. The van der Waals surface area contributed by atoms with Crippen molar-refractivity contribution in [3.63, 3.8) is 0 Å². The van der Waals surface area contributed by atoms with E-state index in [9.17, 15) is 20.2 Å². The van der Waals surface area contributed by atoms with Gasteiger partial charge in [0.2, 0.25) is 0 Å². The molecule has 0 aliphatic carbocycles. The number of carbonyl (C=O) groups is 1. The van der Waals surface area contributed by atoms with E-state index < -0.39 is 10.8 Å². The van der Waals surface area contributed by atoms with Crippen LogP contribution in [0.1, 0.15) is 11.3 Å². The van der Waals surface area contributed by atoms with Gasteiger partial charge in [-0.2, -0.15) is 5.26 Å². The van der Waals surface area contributed by atoms with Gasteiger partial charge < -0.3 is 14.5 Å². The Morgan fingerprint density at radius 3 is 2.73 bits per heavy atom. The summed E-state index contributed by atoms with van der Waals surface area (Å²) in [5.74, 6) is 0.501. The van der Waals surface area contributed by atoms with Crippen LogP contribution in [-0.4, -0.2) is 17.9 Å². The minimum absolute atomic E-state index is 0.0647. The Bertz CT molecular complexity index is 1190. The van der Waals surface area contributed by atoms with Gasteiger partial charge in [-0.05, 0) is 36.8 Å². The number of anilines is 1. The number of hydrogen-bond donors (Lipinski definition) is 1. The highest BCUT2D eigenvalue weighted by Gasteiger charge is 2.14. The van der Waals surface area contributed by atoms with E-state index in [-0.39, 0.29) is 17.0 Å². The smallest absolute Gasteiger partial charge is 0.270 e. The summed E-state index contributed by atoms with van der Waals surface area (Å²) >= 11 is 0. The van der Waals surface area contributed by atoms with Crippen LogP contribution in [0, 0.1) is 28.4 Å². The molecule has 0 saturated heterocycles. The van der Waals surface area contributed by atoms with Crippen LogP contribution in [0.5, 0.6) is 5.75 Å². The molecule has 150 valence electrons. The Hall–Kier alpha value is -4.38. The Labute approximate surface area is 172 Å². The molecule has 1 N–H and O–H groups in total. The lowest BCUT2D eigenvalue weighted by Gasteiger charge is -2.10. The fourth-order valence-corrected chi connectivity index (χ4v) is 2.74. The normalized spacial score (nSPS) is 10.9. The van der Waals surface area contributed by atoms with Crippen molar-refractivity contribution in [2.24, 2.45) is 0 Å². The average Bonchev–Trinajstić information content (AvgIpc) is 3.22. The number of aryl methyl sites for hydroxylation is 1. The molecular weight excluding hydrogens is 386 g/mol. The lowest BCUT2D eigenvalue weighted by Crippen LogP contribution is -2.14. The van der Waals surface area contributed by atoms with Crippen LogP contribution in [0.3, 0.4) is 0 Å². The molecule has 0 saturated carbocycles. The first-order chi connectivity index (χ1) is 14.4. The minimum Gasteiger partial charge on any atom is -0.495 e. The van der Waals surface area contributed by atoms with Gasteiger partial charge in [0.15, 0.2) is 0 Å². The maximum atomic E-state index is 12.5. The van der Waals surface area contributed by atoms with Crippen LogP contribution >= 0.6 is 0 Å². The number of hydrogen-bond acceptors (Lipinski definition) is 6. The molecule has 8 heteroatoms. The Kier molecular flexibility index (Phi) is 5.94. The van der Waals surface area contributed by atoms with E-state index in [1.807, 2.05) is 19.1 Å². The van der Waals surface area contributed by atoms with Crippen LogP contribution in [0.25, 0.3) is 17.4 Å². The summed E-state index contributed by atoms with van der Waals surface area (Å²) in [6.45, 7) is 1.89. The van der Waals surface area contributed by atoms with Crippen molar-refractivity contribution in [1.82, 2.24) is 0 Å². The fraction of sp³-hybridized carbons (Fsp3) is 0.0909. The number of methoxy groups -OCH3 is 1. The molecular formula is C22H17N3O5. The lowest BCUT2D eigenvalue weighted by atomic mass is 10.1. The number of nitro benzene ring substituents is 1. The summed E-state index contributed by atoms with van der Waals surface area (Å²) in [4.78, 5) is 23.0. The van der Waals surface area contributed by atoms with Crippen LogP contribution in [0.2, 0.25) is 0 Å². The molecule has 3 aromatic rings. The molecule has 0 atom stereocenters. The van der Waals surface area contributed by atoms with Crippen LogP contribution in [0.15, 0.2) is 64.6 Å². The number of rotatable bonds is 6. The number of furan rings is 1. The monoisotopic (exact) mass is 403 g/mol. The van der Waals surface area contributed by atoms with Crippen molar-refractivity contribution in [3.8, 4) is 23.1 Å². The highest BCUT2D eigenvalue weighted by Crippen LogP contribution is 2.28. The van der Waals surface area contributed by atoms with Crippen LogP contribution in [0.4, 0.5) is 11.4 Å². The standard InChI is InChI=1S/C22H17N3O5/c1-14-6-8-19(21(10-14)29-2)24-22(26)16(13-23)12-18-7-9-20(30-18)15-4-3-5-17(11-15)25(27)28/h3-12H,1-2H3,(H,24,26). The Morgan fingerprint density at radius 2 is 2.03 bits per heavy atom. The predicted molar refractivity (Wildman–Crippen MR) is 111 cm³/mol. The molecule has 1 aromatic heterocycles. The third-order valence-corrected chi connectivity index (χ3v) is 4.23. The highest BCUT2D eigenvalue weighted by atomic mass is 16.6. The molecule has 3 rings (SSSR count). The van der Waals surface area contributed by atoms with Crippen molar-refractivity contribution in [2.75, 3.05) is 12.4 Å². The SMILES string of the molecule is COc1cc(C)ccc1NC(=O)C(C#N)=Cc1ccc(-c2cccc([N+](=O)[O-])c2)o1. The molecule has 1 heterocycles. The third-order valence-electron chi connectivity index (χ3n) is 4.23. The first-order valence-electron chi connectivity index (χ1n) is 8.83. The molecule has 0 unspecified atom stereocenters. The maximum Gasteiger partial charge on any atom is 0.270 e. The number of nitrogens with zero attached hydrogens (tertiary/aromatic N) is 2. The third kappa shape index (κ3) is 4.54. The van der Waals surface area contributed by atoms with Crippen molar-refractivity contribution < 1.29 is 18.9 Å². The van der Waals surface area contributed by atoms with Crippen molar-refractivity contribution in [1.29, 1.82) is 5.26 Å². The van der Waals surface area contributed by atoms with E-state index in [1.54, 1.807) is 36.4 Å². The number of amides is 1. The summed E-state index contributed by atoms with van der Waals surface area (Å²) in [6.07, 6.45) is 1.30. The van der Waals surface area contributed by atoms with Gasteiger partial charge in [-0.3, -0.25) is 14.9 Å². The largest absolute Gasteiger partial charge is 0.495 e. The molecule has 0 spiro atoms.